The Morgan fingerprint density at radius 2 is 1.90 bits per heavy atom. The second-order valence-corrected chi connectivity index (χ2v) is 8.83. The molecule has 3 saturated heterocycles. The molecule has 1 spiro atoms. The molecule has 1 unspecified atom stereocenters. The van der Waals surface area contributed by atoms with Crippen LogP contribution in [0.25, 0.3) is 0 Å². The minimum absolute atomic E-state index is 0.0179. The Labute approximate surface area is 175 Å². The number of amides is 1. The molecule has 0 bridgehead atoms. The molecule has 3 fully saturated rings. The molecule has 1 amide bonds. The smallest absolute Gasteiger partial charge is 0.312 e. The van der Waals surface area contributed by atoms with E-state index in [0.717, 1.165) is 26.1 Å². The zero-order valence-corrected chi connectivity index (χ0v) is 17.4. The Balaban J connectivity index is 0.000000755. The lowest BCUT2D eigenvalue weighted by Crippen LogP contribution is -2.45. The molecule has 3 aliphatic heterocycles. The molecular formula is C20H29N3O5S. The van der Waals surface area contributed by atoms with Gasteiger partial charge in [-0.15, -0.1) is 0 Å². The number of likely N-dealkylation sites (tertiary alicyclic amines) is 2. The van der Waals surface area contributed by atoms with E-state index in [-0.39, 0.29) is 29.9 Å². The number of esters is 1. The quantitative estimate of drug-likeness (QED) is 0.588. The Bertz CT molecular complexity index is 680. The number of carbonyl (C=O) groups is 3. The van der Waals surface area contributed by atoms with Crippen LogP contribution in [0.3, 0.4) is 0 Å². The van der Waals surface area contributed by atoms with Crippen LogP contribution in [-0.4, -0.2) is 76.5 Å². The van der Waals surface area contributed by atoms with E-state index < -0.39 is 0 Å². The Morgan fingerprint density at radius 1 is 1.24 bits per heavy atom. The summed E-state index contributed by atoms with van der Waals surface area (Å²) < 4.78 is 9.78. The molecule has 160 valence electrons. The van der Waals surface area contributed by atoms with Gasteiger partial charge in [-0.05, 0) is 56.4 Å². The number of carbonyl (C=O) groups excluding carboxylic acids is 2. The summed E-state index contributed by atoms with van der Waals surface area (Å²) in [6.07, 6.45) is 9.05. The second kappa shape index (κ2) is 10.2. The number of piperidine rings is 1. The molecule has 0 aliphatic carbocycles. The summed E-state index contributed by atoms with van der Waals surface area (Å²) in [5.41, 5.74) is -0.374. The first-order valence-corrected chi connectivity index (χ1v) is 11.1. The van der Waals surface area contributed by atoms with E-state index in [9.17, 15) is 9.59 Å². The van der Waals surface area contributed by atoms with E-state index in [1.54, 1.807) is 12.3 Å². The SMILES string of the molecule is O=C(c1ccns1)N1CCC2(CC1)CC(CN1CCCCCC1)OC2=O.O=CO. The molecule has 1 aromatic rings. The van der Waals surface area contributed by atoms with Crippen molar-refractivity contribution < 1.29 is 24.2 Å². The summed E-state index contributed by atoms with van der Waals surface area (Å²) in [5.74, 6) is -0.00274. The van der Waals surface area contributed by atoms with Crippen LogP contribution in [0.2, 0.25) is 0 Å². The van der Waals surface area contributed by atoms with Gasteiger partial charge in [0, 0.05) is 32.3 Å². The lowest BCUT2D eigenvalue weighted by molar-refractivity contribution is -0.151. The second-order valence-electron chi connectivity index (χ2n) is 8.00. The van der Waals surface area contributed by atoms with Crippen molar-refractivity contribution in [2.24, 2.45) is 5.41 Å². The molecule has 0 radical (unpaired) electrons. The maximum Gasteiger partial charge on any atom is 0.312 e. The van der Waals surface area contributed by atoms with Crippen molar-refractivity contribution in [2.45, 2.75) is 51.0 Å². The van der Waals surface area contributed by atoms with Gasteiger partial charge < -0.3 is 14.7 Å². The summed E-state index contributed by atoms with van der Waals surface area (Å²) >= 11 is 1.23. The predicted molar refractivity (Wildman–Crippen MR) is 108 cm³/mol. The number of aromatic nitrogens is 1. The number of hydrogen-bond donors (Lipinski definition) is 1. The van der Waals surface area contributed by atoms with E-state index in [0.29, 0.717) is 30.8 Å². The first-order valence-electron chi connectivity index (χ1n) is 10.3. The monoisotopic (exact) mass is 423 g/mol. The summed E-state index contributed by atoms with van der Waals surface area (Å²) in [6.45, 7) is 4.12. The zero-order valence-electron chi connectivity index (χ0n) is 16.6. The maximum atomic E-state index is 12.6. The Morgan fingerprint density at radius 3 is 2.48 bits per heavy atom. The predicted octanol–water partition coefficient (Wildman–Crippen LogP) is 2.26. The largest absolute Gasteiger partial charge is 0.483 e. The van der Waals surface area contributed by atoms with Crippen LogP contribution in [0.5, 0.6) is 0 Å². The van der Waals surface area contributed by atoms with Crippen molar-refractivity contribution in [1.29, 1.82) is 0 Å². The van der Waals surface area contributed by atoms with Gasteiger partial charge in [-0.1, -0.05) is 12.8 Å². The highest BCUT2D eigenvalue weighted by molar-refractivity contribution is 7.08. The zero-order chi connectivity index (χ0) is 20.7. The number of hydrogen-bond acceptors (Lipinski definition) is 7. The van der Waals surface area contributed by atoms with E-state index in [1.807, 2.05) is 4.90 Å². The van der Waals surface area contributed by atoms with Gasteiger partial charge in [0.25, 0.3) is 12.4 Å². The van der Waals surface area contributed by atoms with Gasteiger partial charge in [0.15, 0.2) is 0 Å². The highest BCUT2D eigenvalue weighted by Gasteiger charge is 2.51. The number of nitrogens with zero attached hydrogens (tertiary/aromatic N) is 3. The third kappa shape index (κ3) is 5.33. The summed E-state index contributed by atoms with van der Waals surface area (Å²) in [6, 6.07) is 1.76. The van der Waals surface area contributed by atoms with Crippen molar-refractivity contribution in [1.82, 2.24) is 14.2 Å². The molecule has 3 aliphatic rings. The van der Waals surface area contributed by atoms with Crippen LogP contribution in [-0.2, 0) is 14.3 Å². The van der Waals surface area contributed by atoms with Crippen LogP contribution < -0.4 is 0 Å². The van der Waals surface area contributed by atoms with Gasteiger partial charge in [0.1, 0.15) is 11.0 Å². The average Bonchev–Trinajstić information content (AvgIpc) is 3.26. The number of ether oxygens (including phenoxy) is 1. The van der Waals surface area contributed by atoms with E-state index >= 15 is 0 Å². The fourth-order valence-electron chi connectivity index (χ4n) is 4.57. The lowest BCUT2D eigenvalue weighted by atomic mass is 9.76. The van der Waals surface area contributed by atoms with Crippen LogP contribution in [0.4, 0.5) is 0 Å². The highest BCUT2D eigenvalue weighted by atomic mass is 32.1. The molecule has 4 rings (SSSR count). The van der Waals surface area contributed by atoms with Gasteiger partial charge >= 0.3 is 5.97 Å². The van der Waals surface area contributed by atoms with Crippen molar-refractivity contribution in [3.05, 3.63) is 17.1 Å². The van der Waals surface area contributed by atoms with Gasteiger partial charge in [-0.3, -0.25) is 19.3 Å². The Hall–Kier alpha value is -2.00. The summed E-state index contributed by atoms with van der Waals surface area (Å²) in [7, 11) is 0. The van der Waals surface area contributed by atoms with E-state index in [2.05, 4.69) is 9.27 Å². The maximum absolute atomic E-state index is 12.6. The fourth-order valence-corrected chi connectivity index (χ4v) is 5.14. The molecule has 1 atom stereocenters. The van der Waals surface area contributed by atoms with Gasteiger partial charge in [-0.2, -0.15) is 0 Å². The highest BCUT2D eigenvalue weighted by Crippen LogP contribution is 2.43. The molecule has 9 heteroatoms. The van der Waals surface area contributed by atoms with Crippen molar-refractivity contribution >= 4 is 29.9 Å². The molecule has 29 heavy (non-hydrogen) atoms. The summed E-state index contributed by atoms with van der Waals surface area (Å²) in [5, 5.41) is 6.89. The standard InChI is InChI=1S/C19H27N3O3S.CH2O2/c23-17(16-5-8-20-26-16)22-11-6-19(7-12-22)13-15(25-18(19)24)14-21-9-3-1-2-4-10-21;2-1-3/h5,8,15H,1-4,6-7,9-14H2;1H,(H,2,3). The van der Waals surface area contributed by atoms with E-state index in [4.69, 9.17) is 14.6 Å². The van der Waals surface area contributed by atoms with Crippen LogP contribution >= 0.6 is 11.5 Å². The van der Waals surface area contributed by atoms with E-state index in [1.165, 1.54) is 37.2 Å². The van der Waals surface area contributed by atoms with Gasteiger partial charge in [0.05, 0.1) is 5.41 Å². The lowest BCUT2D eigenvalue weighted by Gasteiger charge is -2.36. The number of carboxylic acid groups (broad SMARTS) is 1. The first-order chi connectivity index (χ1) is 14.1. The molecule has 0 aromatic carbocycles. The number of rotatable bonds is 3. The molecular weight excluding hydrogens is 394 g/mol. The minimum Gasteiger partial charge on any atom is -0.483 e. The average molecular weight is 424 g/mol. The van der Waals surface area contributed by atoms with Crippen LogP contribution in [0.1, 0.15) is 54.6 Å². The topological polar surface area (TPSA) is 100 Å². The van der Waals surface area contributed by atoms with Crippen LogP contribution in [0.15, 0.2) is 12.3 Å². The molecule has 4 heterocycles. The molecule has 1 N–H and O–H groups in total. The van der Waals surface area contributed by atoms with Crippen LogP contribution in [0, 0.1) is 5.41 Å². The number of cyclic esters (lactones) is 1. The molecule has 8 nitrogen and oxygen atoms in total. The molecule has 1 aromatic heterocycles. The fraction of sp³-hybridized carbons (Fsp3) is 0.700. The van der Waals surface area contributed by atoms with Gasteiger partial charge in [-0.25, -0.2) is 4.37 Å². The van der Waals surface area contributed by atoms with Crippen molar-refractivity contribution in [3.63, 3.8) is 0 Å². The van der Waals surface area contributed by atoms with Crippen molar-refractivity contribution in [2.75, 3.05) is 32.7 Å². The van der Waals surface area contributed by atoms with Gasteiger partial charge in [0.2, 0.25) is 0 Å². The third-order valence-corrected chi connectivity index (χ3v) is 6.88. The molecule has 0 saturated carbocycles. The van der Waals surface area contributed by atoms with Crippen molar-refractivity contribution in [3.8, 4) is 0 Å². The summed E-state index contributed by atoms with van der Waals surface area (Å²) in [4.78, 5) is 38.5. The third-order valence-electron chi connectivity index (χ3n) is 6.14. The Kier molecular flexibility index (Phi) is 7.60. The normalized spacial score (nSPS) is 24.3. The minimum atomic E-state index is -0.374. The first kappa shape index (κ1) is 21.7.